The topological polar surface area (TPSA) is 0 Å². The summed E-state index contributed by atoms with van der Waals surface area (Å²) in [5.74, 6) is -0.0855. The Kier molecular flexibility index (Phi) is 3.94. The zero-order chi connectivity index (χ0) is 13.2. The Morgan fingerprint density at radius 1 is 1.33 bits per heavy atom. The molecule has 1 aliphatic rings. The van der Waals surface area contributed by atoms with Gasteiger partial charge in [-0.15, -0.1) is 11.6 Å². The van der Waals surface area contributed by atoms with Crippen LogP contribution in [-0.4, -0.2) is 4.87 Å². The van der Waals surface area contributed by atoms with Crippen LogP contribution >= 0.6 is 23.2 Å². The van der Waals surface area contributed by atoms with Gasteiger partial charge in [0.2, 0.25) is 0 Å². The minimum atomic E-state index is -0.772. The zero-order valence-corrected chi connectivity index (χ0v) is 11.4. The van der Waals surface area contributed by atoms with Crippen molar-refractivity contribution in [2.45, 2.75) is 11.8 Å². The van der Waals surface area contributed by atoms with E-state index in [2.05, 4.69) is 0 Å². The van der Waals surface area contributed by atoms with Crippen LogP contribution in [0.4, 0.5) is 4.39 Å². The molecule has 0 saturated carbocycles. The third kappa shape index (κ3) is 3.04. The first-order valence-corrected chi connectivity index (χ1v) is 6.46. The number of rotatable bonds is 2. The van der Waals surface area contributed by atoms with Crippen LogP contribution in [0.15, 0.2) is 53.6 Å². The fourth-order valence-electron chi connectivity index (χ4n) is 1.71. The average Bonchev–Trinajstić information content (AvgIpc) is 2.34. The fourth-order valence-corrected chi connectivity index (χ4v) is 2.27. The molecule has 0 nitrogen and oxygen atoms in total. The standard InChI is InChI=1S/C15H13Cl2F/c1-11-6-8-15(17,10-13(11)16)9-7-12-4-2-3-5-14(12)18/h2-11H,1H3/b9-7+. The van der Waals surface area contributed by atoms with Crippen molar-refractivity contribution in [1.82, 2.24) is 0 Å². The molecule has 2 unspecified atom stereocenters. The second kappa shape index (κ2) is 5.29. The van der Waals surface area contributed by atoms with Crippen LogP contribution in [0.1, 0.15) is 12.5 Å². The van der Waals surface area contributed by atoms with E-state index in [0.717, 1.165) is 0 Å². The fraction of sp³-hybridized carbons (Fsp3) is 0.200. The first-order valence-electron chi connectivity index (χ1n) is 5.70. The summed E-state index contributed by atoms with van der Waals surface area (Å²) in [5, 5.41) is 0.700. The molecule has 0 heterocycles. The molecule has 0 bridgehead atoms. The summed E-state index contributed by atoms with van der Waals surface area (Å²) < 4.78 is 13.5. The number of benzene rings is 1. The number of hydrogen-bond donors (Lipinski definition) is 0. The molecule has 1 aliphatic carbocycles. The van der Waals surface area contributed by atoms with Gasteiger partial charge in [0.1, 0.15) is 10.7 Å². The molecule has 0 amide bonds. The van der Waals surface area contributed by atoms with Gasteiger partial charge in [-0.05, 0) is 12.1 Å². The van der Waals surface area contributed by atoms with Crippen molar-refractivity contribution in [1.29, 1.82) is 0 Å². The molecule has 0 radical (unpaired) electrons. The molecule has 3 heteroatoms. The van der Waals surface area contributed by atoms with Crippen molar-refractivity contribution < 1.29 is 4.39 Å². The summed E-state index contributed by atoms with van der Waals surface area (Å²) in [4.78, 5) is -0.772. The third-order valence-corrected chi connectivity index (χ3v) is 3.67. The van der Waals surface area contributed by atoms with Crippen molar-refractivity contribution in [3.05, 3.63) is 65.0 Å². The highest BCUT2D eigenvalue weighted by molar-refractivity contribution is 6.33. The van der Waals surface area contributed by atoms with E-state index in [1.54, 1.807) is 36.4 Å². The Morgan fingerprint density at radius 3 is 2.72 bits per heavy atom. The van der Waals surface area contributed by atoms with Crippen molar-refractivity contribution in [3.8, 4) is 0 Å². The Labute approximate surface area is 116 Å². The lowest BCUT2D eigenvalue weighted by molar-refractivity contribution is 0.625. The van der Waals surface area contributed by atoms with Crippen molar-refractivity contribution >= 4 is 29.3 Å². The van der Waals surface area contributed by atoms with Gasteiger partial charge in [-0.2, -0.15) is 0 Å². The summed E-state index contributed by atoms with van der Waals surface area (Å²) in [5.41, 5.74) is 0.508. The maximum Gasteiger partial charge on any atom is 0.130 e. The van der Waals surface area contributed by atoms with E-state index in [0.29, 0.717) is 10.6 Å². The highest BCUT2D eigenvalue weighted by Gasteiger charge is 2.23. The van der Waals surface area contributed by atoms with Crippen LogP contribution in [-0.2, 0) is 0 Å². The lowest BCUT2D eigenvalue weighted by Crippen LogP contribution is -2.16. The number of alkyl halides is 1. The second-order valence-electron chi connectivity index (χ2n) is 4.36. The van der Waals surface area contributed by atoms with E-state index in [4.69, 9.17) is 23.2 Å². The molecular formula is C15H13Cl2F. The molecular weight excluding hydrogens is 270 g/mol. The predicted octanol–water partition coefficient (Wildman–Crippen LogP) is 5.15. The minimum absolute atomic E-state index is 0.181. The SMILES string of the molecule is CC1C=CC(Cl)(/C=C/c2ccccc2F)C=C1Cl. The Morgan fingerprint density at radius 2 is 2.06 bits per heavy atom. The van der Waals surface area contributed by atoms with Gasteiger partial charge in [0.25, 0.3) is 0 Å². The average molecular weight is 283 g/mol. The van der Waals surface area contributed by atoms with Gasteiger partial charge in [-0.3, -0.25) is 0 Å². The zero-order valence-electron chi connectivity index (χ0n) is 9.91. The molecule has 2 rings (SSSR count). The van der Waals surface area contributed by atoms with Crippen molar-refractivity contribution in [2.75, 3.05) is 0 Å². The molecule has 0 aliphatic heterocycles. The first kappa shape index (κ1) is 13.4. The lowest BCUT2D eigenvalue weighted by atomic mass is 9.95. The van der Waals surface area contributed by atoms with E-state index < -0.39 is 4.87 Å². The van der Waals surface area contributed by atoms with Gasteiger partial charge >= 0.3 is 0 Å². The maximum atomic E-state index is 13.5. The Hall–Kier alpha value is -1.05. The van der Waals surface area contributed by atoms with E-state index in [9.17, 15) is 4.39 Å². The van der Waals surface area contributed by atoms with Gasteiger partial charge in [-0.25, -0.2) is 4.39 Å². The third-order valence-electron chi connectivity index (χ3n) is 2.86. The molecule has 0 aromatic heterocycles. The van der Waals surface area contributed by atoms with Crippen LogP contribution in [0.5, 0.6) is 0 Å². The highest BCUT2D eigenvalue weighted by Crippen LogP contribution is 2.33. The van der Waals surface area contributed by atoms with E-state index in [1.807, 2.05) is 19.1 Å². The highest BCUT2D eigenvalue weighted by atomic mass is 35.5. The van der Waals surface area contributed by atoms with Gasteiger partial charge in [0.15, 0.2) is 0 Å². The van der Waals surface area contributed by atoms with Gasteiger partial charge < -0.3 is 0 Å². The van der Waals surface area contributed by atoms with Crippen LogP contribution in [0.2, 0.25) is 0 Å². The molecule has 18 heavy (non-hydrogen) atoms. The van der Waals surface area contributed by atoms with Crippen LogP contribution in [0.25, 0.3) is 6.08 Å². The summed E-state index contributed by atoms with van der Waals surface area (Å²) in [7, 11) is 0. The minimum Gasteiger partial charge on any atom is -0.206 e. The molecule has 94 valence electrons. The normalized spacial score (nSPS) is 27.6. The van der Waals surface area contributed by atoms with E-state index in [-0.39, 0.29) is 11.7 Å². The number of halogens is 3. The summed E-state index contributed by atoms with van der Waals surface area (Å²) >= 11 is 12.5. The molecule has 2 atom stereocenters. The van der Waals surface area contributed by atoms with E-state index in [1.165, 1.54) is 6.07 Å². The van der Waals surface area contributed by atoms with Crippen LogP contribution < -0.4 is 0 Å². The molecule has 0 fully saturated rings. The maximum absolute atomic E-state index is 13.5. The Bertz CT molecular complexity index is 531. The number of allylic oxidation sites excluding steroid dienone is 5. The monoisotopic (exact) mass is 282 g/mol. The van der Waals surface area contributed by atoms with Crippen LogP contribution in [0.3, 0.4) is 0 Å². The largest absolute Gasteiger partial charge is 0.206 e. The molecule has 0 spiro atoms. The summed E-state index contributed by atoms with van der Waals surface area (Å²) in [6.45, 7) is 1.99. The number of hydrogen-bond acceptors (Lipinski definition) is 0. The van der Waals surface area contributed by atoms with Gasteiger partial charge in [0, 0.05) is 16.5 Å². The molecule has 1 aromatic rings. The van der Waals surface area contributed by atoms with Crippen LogP contribution in [0, 0.1) is 11.7 Å². The smallest absolute Gasteiger partial charge is 0.130 e. The summed E-state index contributed by atoms with van der Waals surface area (Å²) in [6.07, 6.45) is 8.99. The predicted molar refractivity (Wildman–Crippen MR) is 76.3 cm³/mol. The molecule has 0 saturated heterocycles. The van der Waals surface area contributed by atoms with E-state index >= 15 is 0 Å². The van der Waals surface area contributed by atoms with Crippen molar-refractivity contribution in [3.63, 3.8) is 0 Å². The summed E-state index contributed by atoms with van der Waals surface area (Å²) in [6, 6.07) is 6.56. The van der Waals surface area contributed by atoms with Crippen molar-refractivity contribution in [2.24, 2.45) is 5.92 Å². The lowest BCUT2D eigenvalue weighted by Gasteiger charge is -2.22. The molecule has 0 N–H and O–H groups in total. The Balaban J connectivity index is 2.24. The van der Waals surface area contributed by atoms with Gasteiger partial charge in [0.05, 0.1) is 0 Å². The molecule has 1 aromatic carbocycles. The first-order chi connectivity index (χ1) is 8.50. The van der Waals surface area contributed by atoms with Gasteiger partial charge in [-0.1, -0.05) is 61.0 Å². The quantitative estimate of drug-likeness (QED) is 0.520. The second-order valence-corrected chi connectivity index (χ2v) is 5.45.